The molecule has 10 heteroatoms. The summed E-state index contributed by atoms with van der Waals surface area (Å²) >= 11 is 6.87. The molecule has 34 heavy (non-hydrogen) atoms. The lowest BCUT2D eigenvalue weighted by Gasteiger charge is -2.25. The first kappa shape index (κ1) is 25.9. The quantitative estimate of drug-likeness (QED) is 0.256. The second-order valence-corrected chi connectivity index (χ2v) is 9.30. The first-order valence-corrected chi connectivity index (χ1v) is 12.3. The second-order valence-electron chi connectivity index (χ2n) is 7.59. The van der Waals surface area contributed by atoms with Crippen molar-refractivity contribution in [3.63, 3.8) is 0 Å². The lowest BCUT2D eigenvalue weighted by Crippen LogP contribution is -2.25. The van der Waals surface area contributed by atoms with Crippen molar-refractivity contribution in [1.82, 2.24) is 0 Å². The maximum absolute atomic E-state index is 13.6. The molecule has 2 N–H and O–H groups in total. The zero-order valence-corrected chi connectivity index (χ0v) is 21.9. The van der Waals surface area contributed by atoms with E-state index in [1.807, 2.05) is 0 Å². The maximum Gasteiger partial charge on any atom is 0.302 e. The second kappa shape index (κ2) is 11.6. The highest BCUT2D eigenvalue weighted by Crippen LogP contribution is 2.41. The van der Waals surface area contributed by atoms with Crippen LogP contribution in [0, 0.1) is 0 Å². The van der Waals surface area contributed by atoms with E-state index in [-0.39, 0.29) is 36.7 Å². The van der Waals surface area contributed by atoms with Gasteiger partial charge in [0.15, 0.2) is 11.6 Å². The molecule has 0 saturated heterocycles. The fraction of sp³-hybridized carbons (Fsp3) is 0.333. The van der Waals surface area contributed by atoms with Gasteiger partial charge in [-0.15, -0.1) is 0 Å². The largest absolute Gasteiger partial charge is 0.466 e. The molecule has 3 rings (SSSR count). The van der Waals surface area contributed by atoms with E-state index in [4.69, 9.17) is 9.47 Å². The molecule has 1 aliphatic carbocycles. The monoisotopic (exact) mass is 594 g/mol. The maximum atomic E-state index is 13.6. The molecule has 2 aromatic rings. The Morgan fingerprint density at radius 3 is 1.44 bits per heavy atom. The third-order valence-electron chi connectivity index (χ3n) is 5.10. The van der Waals surface area contributed by atoms with Crippen LogP contribution < -0.4 is 10.6 Å². The third-order valence-corrected chi connectivity index (χ3v) is 6.42. The number of ether oxygens (including phenoxy) is 2. The molecular weight excluding hydrogens is 572 g/mol. The molecule has 0 saturated carbocycles. The summed E-state index contributed by atoms with van der Waals surface area (Å²) in [5.74, 6) is -1.24. The van der Waals surface area contributed by atoms with E-state index >= 15 is 0 Å². The Bertz CT molecular complexity index is 1060. The number of ketones is 2. The smallest absolute Gasteiger partial charge is 0.302 e. The fourth-order valence-corrected chi connectivity index (χ4v) is 4.66. The molecule has 0 heterocycles. The molecule has 0 amide bonds. The van der Waals surface area contributed by atoms with Crippen molar-refractivity contribution in [2.75, 3.05) is 36.9 Å². The van der Waals surface area contributed by atoms with E-state index in [2.05, 4.69) is 42.5 Å². The Labute approximate surface area is 214 Å². The molecule has 0 aliphatic heterocycles. The Hall–Kier alpha value is -2.72. The summed E-state index contributed by atoms with van der Waals surface area (Å²) in [7, 11) is 0. The van der Waals surface area contributed by atoms with Crippen LogP contribution in [0.15, 0.2) is 33.2 Å². The van der Waals surface area contributed by atoms with E-state index in [0.717, 1.165) is 0 Å². The molecule has 1 aliphatic rings. The number of rotatable bonds is 10. The fourth-order valence-electron chi connectivity index (χ4n) is 3.64. The summed E-state index contributed by atoms with van der Waals surface area (Å²) in [4.78, 5) is 49.1. The van der Waals surface area contributed by atoms with Crippen LogP contribution in [0.5, 0.6) is 0 Å². The molecule has 0 aromatic heterocycles. The minimum atomic E-state index is -0.348. The predicted molar refractivity (Wildman–Crippen MR) is 135 cm³/mol. The average molecular weight is 596 g/mol. The van der Waals surface area contributed by atoms with Crippen LogP contribution in [0.1, 0.15) is 58.5 Å². The molecular formula is C24H24Br2N2O6. The Morgan fingerprint density at radius 1 is 0.706 bits per heavy atom. The number of fused-ring (bicyclic) bond motifs is 2. The van der Waals surface area contributed by atoms with E-state index in [1.54, 1.807) is 24.3 Å². The number of nitrogens with one attached hydrogen (secondary N) is 2. The van der Waals surface area contributed by atoms with Crippen molar-refractivity contribution in [2.24, 2.45) is 0 Å². The zero-order chi connectivity index (χ0) is 24.8. The van der Waals surface area contributed by atoms with Gasteiger partial charge in [0, 0.05) is 47.3 Å². The van der Waals surface area contributed by atoms with Crippen molar-refractivity contribution < 1.29 is 28.7 Å². The van der Waals surface area contributed by atoms with Gasteiger partial charge in [-0.3, -0.25) is 19.2 Å². The lowest BCUT2D eigenvalue weighted by atomic mass is 9.82. The summed E-state index contributed by atoms with van der Waals surface area (Å²) in [5.41, 5.74) is 2.26. The van der Waals surface area contributed by atoms with Gasteiger partial charge in [-0.05, 0) is 37.1 Å². The van der Waals surface area contributed by atoms with Crippen molar-refractivity contribution in [2.45, 2.75) is 26.7 Å². The van der Waals surface area contributed by atoms with Gasteiger partial charge < -0.3 is 20.1 Å². The normalized spacial score (nSPS) is 12.0. The van der Waals surface area contributed by atoms with Crippen LogP contribution in [0.2, 0.25) is 0 Å². The van der Waals surface area contributed by atoms with Crippen LogP contribution >= 0.6 is 31.9 Å². The number of carbonyl (C=O) groups excluding carboxylic acids is 4. The minimum Gasteiger partial charge on any atom is -0.466 e. The number of hydrogen-bond donors (Lipinski definition) is 2. The van der Waals surface area contributed by atoms with Crippen molar-refractivity contribution in [3.05, 3.63) is 55.5 Å². The first-order chi connectivity index (χ1) is 16.2. The number of hydrogen-bond acceptors (Lipinski definition) is 8. The molecule has 0 bridgehead atoms. The van der Waals surface area contributed by atoms with Crippen molar-refractivity contribution >= 4 is 66.7 Å². The van der Waals surface area contributed by atoms with E-state index < -0.39 is 0 Å². The van der Waals surface area contributed by atoms with Gasteiger partial charge in [-0.2, -0.15) is 0 Å². The molecule has 0 atom stereocenters. The van der Waals surface area contributed by atoms with Gasteiger partial charge in [-0.25, -0.2) is 0 Å². The topological polar surface area (TPSA) is 111 Å². The highest BCUT2D eigenvalue weighted by atomic mass is 79.9. The van der Waals surface area contributed by atoms with Gasteiger partial charge >= 0.3 is 11.9 Å². The Morgan fingerprint density at radius 2 is 1.09 bits per heavy atom. The summed E-state index contributed by atoms with van der Waals surface area (Å²) in [6.45, 7) is 4.13. The highest BCUT2D eigenvalue weighted by Gasteiger charge is 2.36. The number of esters is 2. The number of benzene rings is 2. The summed E-state index contributed by atoms with van der Waals surface area (Å²) in [6, 6.07) is 6.95. The van der Waals surface area contributed by atoms with Crippen LogP contribution in [-0.2, 0) is 19.1 Å². The highest BCUT2D eigenvalue weighted by molar-refractivity contribution is 9.10. The van der Waals surface area contributed by atoms with Crippen LogP contribution in [0.3, 0.4) is 0 Å². The van der Waals surface area contributed by atoms with Gasteiger partial charge in [0.1, 0.15) is 0 Å². The summed E-state index contributed by atoms with van der Waals surface area (Å²) in [5, 5.41) is 6.38. The Balaban J connectivity index is 1.88. The van der Waals surface area contributed by atoms with Gasteiger partial charge in [-0.1, -0.05) is 31.9 Å². The predicted octanol–water partition coefficient (Wildman–Crippen LogP) is 4.72. The zero-order valence-electron chi connectivity index (χ0n) is 18.8. The molecule has 0 spiro atoms. The SMILES string of the molecule is CC(=O)OCCCNc1ccc(Br)c2c1C(=O)c1c(Br)ccc(NCCCOC(C)=O)c1C2=O. The van der Waals surface area contributed by atoms with Gasteiger partial charge in [0.05, 0.1) is 35.5 Å². The van der Waals surface area contributed by atoms with E-state index in [9.17, 15) is 19.2 Å². The summed E-state index contributed by atoms with van der Waals surface area (Å²) in [6.07, 6.45) is 1.10. The number of halogens is 2. The van der Waals surface area contributed by atoms with Gasteiger partial charge in [0.2, 0.25) is 0 Å². The van der Waals surface area contributed by atoms with E-state index in [1.165, 1.54) is 13.8 Å². The molecule has 0 fully saturated rings. The van der Waals surface area contributed by atoms with Crippen LogP contribution in [0.25, 0.3) is 0 Å². The molecule has 180 valence electrons. The van der Waals surface area contributed by atoms with Crippen molar-refractivity contribution in [3.8, 4) is 0 Å². The third kappa shape index (κ3) is 5.85. The van der Waals surface area contributed by atoms with Crippen LogP contribution in [0.4, 0.5) is 11.4 Å². The molecule has 8 nitrogen and oxygen atoms in total. The number of anilines is 2. The van der Waals surface area contributed by atoms with E-state index in [0.29, 0.717) is 68.5 Å². The van der Waals surface area contributed by atoms with Crippen LogP contribution in [-0.4, -0.2) is 49.8 Å². The molecule has 0 unspecified atom stereocenters. The Kier molecular flexibility index (Phi) is 8.84. The van der Waals surface area contributed by atoms with Gasteiger partial charge in [0.25, 0.3) is 0 Å². The average Bonchev–Trinajstić information content (AvgIpc) is 2.78. The van der Waals surface area contributed by atoms with Crippen molar-refractivity contribution in [1.29, 1.82) is 0 Å². The molecule has 0 radical (unpaired) electrons. The minimum absolute atomic E-state index is 0.259. The summed E-state index contributed by atoms with van der Waals surface area (Å²) < 4.78 is 10.9. The molecule has 2 aromatic carbocycles. The standard InChI is InChI=1S/C24H24Br2N2O6/c1-13(29)33-11-3-9-27-17-7-5-15(25)19-21(17)23(31)20-16(26)6-8-18(22(20)24(19)32)28-10-4-12-34-14(2)30/h5-8,27-28H,3-4,9-12H2,1-2H3. The number of carbonyl (C=O) groups is 4. The lowest BCUT2D eigenvalue weighted by molar-refractivity contribution is -0.141. The first-order valence-electron chi connectivity index (χ1n) is 10.7.